The Bertz CT molecular complexity index is 1330. The minimum absolute atomic E-state index is 0.0591. The summed E-state index contributed by atoms with van der Waals surface area (Å²) in [6.07, 6.45) is 1.65. The number of aromatic nitrogens is 3. The molecule has 0 bridgehead atoms. The predicted molar refractivity (Wildman–Crippen MR) is 127 cm³/mol. The molecule has 11 heteroatoms. The number of rotatable bonds is 8. The number of ether oxygens (including phenoxy) is 2. The van der Waals surface area contributed by atoms with Crippen LogP contribution in [0.5, 0.6) is 5.75 Å². The quantitative estimate of drug-likeness (QED) is 0.484. The fourth-order valence-electron chi connectivity index (χ4n) is 4.20. The standard InChI is InChI=1S/C23H29N5O5S/c1-15-13-16(2)28-22(25-15)20(21(26-28)23(29)24-9-12-32-3)17-7-8-18(33-4)19(14-17)34(30,31)27-10-5-6-11-27/h7-8,13-14H,5-6,9-12H2,1-4H3,(H,24,29). The molecule has 1 fully saturated rings. The Balaban J connectivity index is 1.92. The average Bonchev–Trinajstić information content (AvgIpc) is 3.48. The Morgan fingerprint density at radius 2 is 1.88 bits per heavy atom. The number of hydrogen-bond acceptors (Lipinski definition) is 7. The van der Waals surface area contributed by atoms with Crippen LogP contribution in [0.3, 0.4) is 0 Å². The second-order valence-electron chi connectivity index (χ2n) is 8.22. The number of nitrogens with zero attached hydrogens (tertiary/aromatic N) is 4. The van der Waals surface area contributed by atoms with Crippen LogP contribution in [0.4, 0.5) is 0 Å². The van der Waals surface area contributed by atoms with Gasteiger partial charge in [0.2, 0.25) is 10.0 Å². The molecule has 2 aromatic heterocycles. The van der Waals surface area contributed by atoms with E-state index in [4.69, 9.17) is 9.47 Å². The van der Waals surface area contributed by atoms with Crippen LogP contribution in [0.25, 0.3) is 16.8 Å². The largest absolute Gasteiger partial charge is 0.495 e. The van der Waals surface area contributed by atoms with Crippen LogP contribution < -0.4 is 10.1 Å². The van der Waals surface area contributed by atoms with E-state index in [9.17, 15) is 13.2 Å². The van der Waals surface area contributed by atoms with Crippen molar-refractivity contribution >= 4 is 21.6 Å². The molecule has 0 atom stereocenters. The number of sulfonamides is 1. The number of aryl methyl sites for hydroxylation is 2. The van der Waals surface area contributed by atoms with Crippen LogP contribution in [-0.2, 0) is 14.8 Å². The summed E-state index contributed by atoms with van der Waals surface area (Å²) in [5.74, 6) is -0.145. The maximum atomic E-state index is 13.4. The van der Waals surface area contributed by atoms with Gasteiger partial charge in [-0.05, 0) is 50.5 Å². The molecule has 182 valence electrons. The van der Waals surface area contributed by atoms with Crippen molar-refractivity contribution in [3.63, 3.8) is 0 Å². The van der Waals surface area contributed by atoms with Crippen molar-refractivity contribution in [3.05, 3.63) is 41.3 Å². The van der Waals surface area contributed by atoms with Gasteiger partial charge in [0, 0.05) is 38.1 Å². The second-order valence-corrected chi connectivity index (χ2v) is 10.1. The highest BCUT2D eigenvalue weighted by molar-refractivity contribution is 7.89. The third-order valence-electron chi connectivity index (χ3n) is 5.84. The third kappa shape index (κ3) is 4.38. The number of benzene rings is 1. The van der Waals surface area contributed by atoms with E-state index in [1.807, 2.05) is 19.9 Å². The summed E-state index contributed by atoms with van der Waals surface area (Å²) < 4.78 is 40.3. The molecule has 3 heterocycles. The molecule has 1 aliphatic heterocycles. The van der Waals surface area contributed by atoms with Crippen molar-refractivity contribution in [3.8, 4) is 16.9 Å². The Morgan fingerprint density at radius 1 is 1.15 bits per heavy atom. The predicted octanol–water partition coefficient (Wildman–Crippen LogP) is 2.18. The maximum Gasteiger partial charge on any atom is 0.272 e. The minimum Gasteiger partial charge on any atom is -0.495 e. The van der Waals surface area contributed by atoms with E-state index in [1.165, 1.54) is 11.4 Å². The molecule has 0 aliphatic carbocycles. The van der Waals surface area contributed by atoms with Gasteiger partial charge in [0.05, 0.1) is 19.3 Å². The molecular formula is C23H29N5O5S. The summed E-state index contributed by atoms with van der Waals surface area (Å²) in [7, 11) is -0.777. The number of carbonyl (C=O) groups excluding carboxylic acids is 1. The molecule has 0 spiro atoms. The number of hydrogen-bond donors (Lipinski definition) is 1. The van der Waals surface area contributed by atoms with E-state index < -0.39 is 15.9 Å². The molecule has 3 aromatic rings. The van der Waals surface area contributed by atoms with Gasteiger partial charge in [-0.25, -0.2) is 17.9 Å². The van der Waals surface area contributed by atoms with Gasteiger partial charge in [-0.2, -0.15) is 9.40 Å². The number of nitrogens with one attached hydrogen (secondary N) is 1. The number of fused-ring (bicyclic) bond motifs is 1. The van der Waals surface area contributed by atoms with E-state index in [0.29, 0.717) is 43.0 Å². The molecular weight excluding hydrogens is 458 g/mol. The fourth-order valence-corrected chi connectivity index (χ4v) is 5.90. The van der Waals surface area contributed by atoms with E-state index in [1.54, 1.807) is 29.8 Å². The van der Waals surface area contributed by atoms with Gasteiger partial charge in [0.1, 0.15) is 10.6 Å². The third-order valence-corrected chi connectivity index (χ3v) is 7.76. The number of carbonyl (C=O) groups is 1. The molecule has 1 amide bonds. The monoisotopic (exact) mass is 487 g/mol. The molecule has 4 rings (SSSR count). The zero-order valence-electron chi connectivity index (χ0n) is 19.8. The Kier molecular flexibility index (Phi) is 6.87. The van der Waals surface area contributed by atoms with Crippen LogP contribution in [0.15, 0.2) is 29.2 Å². The van der Waals surface area contributed by atoms with Crippen molar-refractivity contribution in [2.75, 3.05) is 40.5 Å². The number of amides is 1. The van der Waals surface area contributed by atoms with Crippen LogP contribution in [-0.4, -0.2) is 73.7 Å². The minimum atomic E-state index is -3.77. The average molecular weight is 488 g/mol. The summed E-state index contributed by atoms with van der Waals surface area (Å²) in [5, 5.41) is 7.33. The highest BCUT2D eigenvalue weighted by atomic mass is 32.2. The first-order valence-corrected chi connectivity index (χ1v) is 12.5. The lowest BCUT2D eigenvalue weighted by atomic mass is 10.0. The van der Waals surface area contributed by atoms with Gasteiger partial charge >= 0.3 is 0 Å². The van der Waals surface area contributed by atoms with Gasteiger partial charge in [0.25, 0.3) is 5.91 Å². The molecule has 10 nitrogen and oxygen atoms in total. The summed E-state index contributed by atoms with van der Waals surface area (Å²) in [6.45, 7) is 5.34. The first-order valence-electron chi connectivity index (χ1n) is 11.1. The lowest BCUT2D eigenvalue weighted by Crippen LogP contribution is -2.28. The second kappa shape index (κ2) is 9.69. The van der Waals surface area contributed by atoms with Crippen molar-refractivity contribution in [1.82, 2.24) is 24.2 Å². The zero-order valence-corrected chi connectivity index (χ0v) is 20.6. The van der Waals surface area contributed by atoms with Crippen LogP contribution in [0.1, 0.15) is 34.7 Å². The van der Waals surface area contributed by atoms with Crippen LogP contribution in [0, 0.1) is 13.8 Å². The summed E-state index contributed by atoms with van der Waals surface area (Å²) >= 11 is 0. The van der Waals surface area contributed by atoms with Gasteiger partial charge < -0.3 is 14.8 Å². The first-order chi connectivity index (χ1) is 16.3. The van der Waals surface area contributed by atoms with Crippen molar-refractivity contribution < 1.29 is 22.7 Å². The smallest absolute Gasteiger partial charge is 0.272 e. The summed E-state index contributed by atoms with van der Waals surface area (Å²) in [5.41, 5.74) is 3.18. The van der Waals surface area contributed by atoms with Crippen LogP contribution in [0.2, 0.25) is 0 Å². The zero-order chi connectivity index (χ0) is 24.5. The van der Waals surface area contributed by atoms with Crippen molar-refractivity contribution in [2.45, 2.75) is 31.6 Å². The molecule has 1 saturated heterocycles. The van der Waals surface area contributed by atoms with Crippen LogP contribution >= 0.6 is 0 Å². The molecule has 1 aliphatic rings. The topological polar surface area (TPSA) is 115 Å². The van der Waals surface area contributed by atoms with E-state index in [-0.39, 0.29) is 16.3 Å². The summed E-state index contributed by atoms with van der Waals surface area (Å²) in [4.78, 5) is 17.8. The lowest BCUT2D eigenvalue weighted by molar-refractivity contribution is 0.0932. The molecule has 1 aromatic carbocycles. The molecule has 1 N–H and O–H groups in total. The van der Waals surface area contributed by atoms with Crippen molar-refractivity contribution in [1.29, 1.82) is 0 Å². The SMILES string of the molecule is COCCNC(=O)c1nn2c(C)cc(C)nc2c1-c1ccc(OC)c(S(=O)(=O)N2CCCC2)c1. The first kappa shape index (κ1) is 24.1. The Hall–Kier alpha value is -3.02. The van der Waals surface area contributed by atoms with Crippen molar-refractivity contribution in [2.24, 2.45) is 0 Å². The molecule has 0 radical (unpaired) electrons. The molecule has 0 unspecified atom stereocenters. The maximum absolute atomic E-state index is 13.4. The highest BCUT2D eigenvalue weighted by Gasteiger charge is 2.31. The van der Waals surface area contributed by atoms with Gasteiger partial charge in [0.15, 0.2) is 11.3 Å². The normalized spacial score (nSPS) is 14.6. The lowest BCUT2D eigenvalue weighted by Gasteiger charge is -2.18. The Morgan fingerprint density at radius 3 is 2.56 bits per heavy atom. The van der Waals surface area contributed by atoms with E-state index >= 15 is 0 Å². The molecule has 0 saturated carbocycles. The van der Waals surface area contributed by atoms with Gasteiger partial charge in [-0.15, -0.1) is 0 Å². The van der Waals surface area contributed by atoms with E-state index in [0.717, 1.165) is 24.2 Å². The van der Waals surface area contributed by atoms with Gasteiger partial charge in [-0.3, -0.25) is 4.79 Å². The summed E-state index contributed by atoms with van der Waals surface area (Å²) in [6, 6.07) is 6.75. The Labute approximate surface area is 198 Å². The molecule has 34 heavy (non-hydrogen) atoms. The van der Waals surface area contributed by atoms with Gasteiger partial charge in [-0.1, -0.05) is 6.07 Å². The highest BCUT2D eigenvalue weighted by Crippen LogP contribution is 2.36. The fraction of sp³-hybridized carbons (Fsp3) is 0.435. The van der Waals surface area contributed by atoms with E-state index in [2.05, 4.69) is 15.4 Å². The number of methoxy groups -OCH3 is 2.